The Morgan fingerprint density at radius 3 is 1.35 bits per heavy atom. The summed E-state index contributed by atoms with van der Waals surface area (Å²) in [4.78, 5) is 0. The minimum absolute atomic E-state index is 0.0512. The fraction of sp³-hybridized carbons (Fsp3) is 1.00. The second kappa shape index (κ2) is 5.24. The topological polar surface area (TPSA) is 43.5 Å². The molecule has 4 aliphatic rings. The molecule has 20 heavy (non-hydrogen) atoms. The van der Waals surface area contributed by atoms with Gasteiger partial charge < -0.3 is 18.9 Å². The molecule has 114 valence electrons. The summed E-state index contributed by atoms with van der Waals surface area (Å²) in [5, 5.41) is 0. The maximum Gasteiger partial charge on any atom is 0.104 e. The van der Waals surface area contributed by atoms with Gasteiger partial charge in [-0.3, -0.25) is 0 Å². The Hall–Kier alpha value is -0.160. The summed E-state index contributed by atoms with van der Waals surface area (Å²) in [6.07, 6.45) is 10.4. The van der Waals surface area contributed by atoms with Crippen LogP contribution in [0.3, 0.4) is 0 Å². The first kappa shape index (κ1) is 13.5. The van der Waals surface area contributed by atoms with Gasteiger partial charge in [0.05, 0.1) is 37.6 Å². The maximum absolute atomic E-state index is 6.46. The highest BCUT2D eigenvalue weighted by Crippen LogP contribution is 2.52. The summed E-state index contributed by atoms with van der Waals surface area (Å²) < 4.78 is 23.6. The predicted octanol–water partition coefficient (Wildman–Crippen LogP) is 2.44. The van der Waals surface area contributed by atoms with Crippen LogP contribution >= 0.6 is 0 Å². The quantitative estimate of drug-likeness (QED) is 0.673. The van der Waals surface area contributed by atoms with Gasteiger partial charge in [-0.15, -0.1) is 0 Å². The summed E-state index contributed by atoms with van der Waals surface area (Å²) in [7, 11) is 0. The van der Waals surface area contributed by atoms with E-state index in [9.17, 15) is 0 Å². The highest BCUT2D eigenvalue weighted by Gasteiger charge is 2.56. The van der Waals surface area contributed by atoms with Crippen LogP contribution in [0.15, 0.2) is 0 Å². The molecule has 0 N–H and O–H groups in total. The standard InChI is InChI=1S/C16H26O4/c1-2-6-15(5-1,19-11-13-9-17-13)16(7-3-4-8-16)20-12-14-10-18-14/h13-14H,1-12H2. The fourth-order valence-corrected chi connectivity index (χ4v) is 4.19. The van der Waals surface area contributed by atoms with Crippen LogP contribution in [0.1, 0.15) is 51.4 Å². The number of hydrogen-bond donors (Lipinski definition) is 0. The number of rotatable bonds is 7. The predicted molar refractivity (Wildman–Crippen MR) is 73.8 cm³/mol. The Morgan fingerprint density at radius 2 is 1.05 bits per heavy atom. The summed E-state index contributed by atoms with van der Waals surface area (Å²) in [6, 6.07) is 0. The van der Waals surface area contributed by atoms with E-state index in [0.29, 0.717) is 12.2 Å². The van der Waals surface area contributed by atoms with Crippen LogP contribution in [-0.2, 0) is 18.9 Å². The molecule has 4 heteroatoms. The van der Waals surface area contributed by atoms with E-state index in [1.807, 2.05) is 0 Å². The van der Waals surface area contributed by atoms with Gasteiger partial charge in [0.15, 0.2) is 0 Å². The van der Waals surface area contributed by atoms with E-state index in [4.69, 9.17) is 18.9 Å². The zero-order valence-electron chi connectivity index (χ0n) is 12.3. The van der Waals surface area contributed by atoms with Crippen molar-refractivity contribution in [3.63, 3.8) is 0 Å². The highest BCUT2D eigenvalue weighted by molar-refractivity contribution is 5.08. The van der Waals surface area contributed by atoms with Gasteiger partial charge >= 0.3 is 0 Å². The summed E-state index contributed by atoms with van der Waals surface area (Å²) in [5.74, 6) is 0. The fourth-order valence-electron chi connectivity index (χ4n) is 4.19. The van der Waals surface area contributed by atoms with Crippen molar-refractivity contribution in [1.82, 2.24) is 0 Å². The van der Waals surface area contributed by atoms with Gasteiger partial charge in [-0.05, 0) is 25.7 Å². The maximum atomic E-state index is 6.46. The van der Waals surface area contributed by atoms with Gasteiger partial charge in [-0.2, -0.15) is 0 Å². The molecule has 2 heterocycles. The number of ether oxygens (including phenoxy) is 4. The molecule has 4 fully saturated rings. The van der Waals surface area contributed by atoms with Crippen LogP contribution < -0.4 is 0 Å². The lowest BCUT2D eigenvalue weighted by Crippen LogP contribution is -2.55. The number of hydrogen-bond acceptors (Lipinski definition) is 4. The molecular weight excluding hydrogens is 256 g/mol. The van der Waals surface area contributed by atoms with Gasteiger partial charge in [0.1, 0.15) is 12.2 Å². The average Bonchev–Trinajstić information content (AvgIpc) is 3.38. The molecule has 0 aromatic rings. The van der Waals surface area contributed by atoms with Gasteiger partial charge in [-0.1, -0.05) is 25.7 Å². The molecule has 0 amide bonds. The van der Waals surface area contributed by atoms with E-state index in [2.05, 4.69) is 0 Å². The summed E-state index contributed by atoms with van der Waals surface area (Å²) in [6.45, 7) is 3.26. The molecule has 0 radical (unpaired) electrons. The van der Waals surface area contributed by atoms with Gasteiger partial charge in [0.2, 0.25) is 0 Å². The normalized spacial score (nSPS) is 37.2. The molecule has 4 nitrogen and oxygen atoms in total. The first-order chi connectivity index (χ1) is 9.82. The molecule has 0 spiro atoms. The van der Waals surface area contributed by atoms with Crippen LogP contribution in [0.25, 0.3) is 0 Å². The van der Waals surface area contributed by atoms with E-state index in [1.54, 1.807) is 0 Å². The van der Waals surface area contributed by atoms with Crippen LogP contribution in [0.2, 0.25) is 0 Å². The first-order valence-electron chi connectivity index (χ1n) is 8.33. The van der Waals surface area contributed by atoms with E-state index < -0.39 is 0 Å². The van der Waals surface area contributed by atoms with Crippen LogP contribution in [0.4, 0.5) is 0 Å². The molecule has 2 unspecified atom stereocenters. The van der Waals surface area contributed by atoms with Gasteiger partial charge in [0, 0.05) is 0 Å². The zero-order valence-corrected chi connectivity index (χ0v) is 12.3. The first-order valence-corrected chi connectivity index (χ1v) is 8.33. The summed E-state index contributed by atoms with van der Waals surface area (Å²) >= 11 is 0. The van der Waals surface area contributed by atoms with Crippen molar-refractivity contribution in [2.45, 2.75) is 74.8 Å². The monoisotopic (exact) mass is 282 g/mol. The Balaban J connectivity index is 1.49. The average molecular weight is 282 g/mol. The second-order valence-corrected chi connectivity index (χ2v) is 6.94. The molecule has 2 aliphatic carbocycles. The number of epoxide rings is 2. The van der Waals surface area contributed by atoms with Crippen molar-refractivity contribution in [1.29, 1.82) is 0 Å². The SMILES string of the molecule is C1CCC(OCC2CO2)(C2(OCC3CO3)CCCC2)C1. The largest absolute Gasteiger partial charge is 0.371 e. The smallest absolute Gasteiger partial charge is 0.104 e. The van der Waals surface area contributed by atoms with E-state index >= 15 is 0 Å². The Kier molecular flexibility index (Phi) is 3.53. The third kappa shape index (κ3) is 2.52. The second-order valence-electron chi connectivity index (χ2n) is 6.94. The Bertz CT molecular complexity index is 302. The lowest BCUT2D eigenvalue weighted by atomic mass is 9.79. The molecule has 2 aliphatic heterocycles. The third-order valence-corrected chi connectivity index (χ3v) is 5.55. The van der Waals surface area contributed by atoms with Crippen molar-refractivity contribution >= 4 is 0 Å². The van der Waals surface area contributed by atoms with Gasteiger partial charge in [-0.25, -0.2) is 0 Å². The molecule has 2 saturated heterocycles. The van der Waals surface area contributed by atoms with Crippen molar-refractivity contribution in [3.8, 4) is 0 Å². The zero-order chi connectivity index (χ0) is 13.5. The Labute approximate surface area is 121 Å². The van der Waals surface area contributed by atoms with Gasteiger partial charge in [0.25, 0.3) is 0 Å². The Morgan fingerprint density at radius 1 is 0.700 bits per heavy atom. The molecule has 0 bridgehead atoms. The lowest BCUT2D eigenvalue weighted by Gasteiger charge is -2.46. The van der Waals surface area contributed by atoms with Crippen LogP contribution in [0, 0.1) is 0 Å². The van der Waals surface area contributed by atoms with Crippen molar-refractivity contribution in [2.75, 3.05) is 26.4 Å². The van der Waals surface area contributed by atoms with E-state index in [1.165, 1.54) is 25.7 Å². The van der Waals surface area contributed by atoms with Crippen LogP contribution in [0.5, 0.6) is 0 Å². The molecule has 0 aromatic carbocycles. The van der Waals surface area contributed by atoms with Crippen molar-refractivity contribution < 1.29 is 18.9 Å². The van der Waals surface area contributed by atoms with Crippen LogP contribution in [-0.4, -0.2) is 49.8 Å². The van der Waals surface area contributed by atoms with Crippen molar-refractivity contribution in [2.24, 2.45) is 0 Å². The van der Waals surface area contributed by atoms with Crippen molar-refractivity contribution in [3.05, 3.63) is 0 Å². The molecule has 2 saturated carbocycles. The van der Waals surface area contributed by atoms with E-state index in [-0.39, 0.29) is 11.2 Å². The highest BCUT2D eigenvalue weighted by atomic mass is 16.6. The molecule has 2 atom stereocenters. The third-order valence-electron chi connectivity index (χ3n) is 5.55. The summed E-state index contributed by atoms with van der Waals surface area (Å²) in [5.41, 5.74) is -0.102. The minimum Gasteiger partial charge on any atom is -0.371 e. The lowest BCUT2D eigenvalue weighted by molar-refractivity contribution is -0.207. The van der Waals surface area contributed by atoms with E-state index in [0.717, 1.165) is 52.1 Å². The molecule has 4 rings (SSSR count). The minimum atomic E-state index is -0.0512. The molecule has 0 aromatic heterocycles. The molecular formula is C16H26O4.